The van der Waals surface area contributed by atoms with E-state index in [1.54, 1.807) is 10.9 Å². The Hall–Kier alpha value is -1.75. The van der Waals surface area contributed by atoms with Crippen molar-refractivity contribution < 1.29 is 4.58 Å². The van der Waals surface area contributed by atoms with E-state index in [-0.39, 0.29) is 0 Å². The molecule has 1 aromatic heterocycles. The minimum Gasteiger partial charge on any atom is -0.380 e. The smallest absolute Gasteiger partial charge is 0.315 e. The number of rotatable bonds is 2. The van der Waals surface area contributed by atoms with E-state index in [1.165, 1.54) is 6.33 Å². The molecule has 0 saturated carbocycles. The minimum atomic E-state index is 0.383. The maximum Gasteiger partial charge on any atom is 0.315 e. The Morgan fingerprint density at radius 3 is 3.13 bits per heavy atom. The van der Waals surface area contributed by atoms with Crippen molar-refractivity contribution in [2.75, 3.05) is 11.6 Å². The largest absolute Gasteiger partial charge is 0.380 e. The first-order chi connectivity index (χ1) is 7.33. The van der Waals surface area contributed by atoms with Crippen LogP contribution in [0.2, 0.25) is 0 Å². The molecule has 6 heteroatoms. The number of fused-ring (bicyclic) bond motifs is 1. The number of aromatic nitrogens is 2. The molecule has 5 nitrogen and oxygen atoms in total. The van der Waals surface area contributed by atoms with Gasteiger partial charge in [0.25, 0.3) is 5.69 Å². The number of halogens is 1. The SMILES string of the molecule is Nc1ncnc2c1N=C[N+]2=CC=CCCl. The van der Waals surface area contributed by atoms with E-state index in [2.05, 4.69) is 15.0 Å². The molecule has 0 unspecified atom stereocenters. The van der Waals surface area contributed by atoms with Crippen LogP contribution in [0.5, 0.6) is 0 Å². The van der Waals surface area contributed by atoms with Gasteiger partial charge in [-0.25, -0.2) is 4.58 Å². The summed E-state index contributed by atoms with van der Waals surface area (Å²) >= 11 is 5.51. The zero-order valence-corrected chi connectivity index (χ0v) is 8.59. The molecule has 0 aromatic carbocycles. The van der Waals surface area contributed by atoms with Crippen molar-refractivity contribution >= 4 is 41.5 Å². The van der Waals surface area contributed by atoms with Gasteiger partial charge in [0.2, 0.25) is 6.34 Å². The number of nitrogens with zero attached hydrogens (tertiary/aromatic N) is 4. The van der Waals surface area contributed by atoms with Gasteiger partial charge in [0, 0.05) is 5.88 Å². The summed E-state index contributed by atoms with van der Waals surface area (Å²) in [5.74, 6) is 1.54. The highest BCUT2D eigenvalue weighted by Crippen LogP contribution is 2.32. The number of anilines is 1. The molecule has 0 atom stereocenters. The number of nitrogen functional groups attached to an aromatic ring is 1. The molecule has 1 aliphatic rings. The average Bonchev–Trinajstić information content (AvgIpc) is 2.64. The molecule has 2 N–H and O–H groups in total. The van der Waals surface area contributed by atoms with Crippen LogP contribution in [0, 0.1) is 0 Å². The van der Waals surface area contributed by atoms with Gasteiger partial charge in [-0.1, -0.05) is 16.1 Å². The second-order valence-electron chi connectivity index (χ2n) is 2.81. The zero-order valence-electron chi connectivity index (χ0n) is 7.84. The van der Waals surface area contributed by atoms with Crippen molar-refractivity contribution in [3.8, 4) is 0 Å². The van der Waals surface area contributed by atoms with E-state index in [4.69, 9.17) is 17.3 Å². The summed E-state index contributed by atoms with van der Waals surface area (Å²) in [5, 5.41) is 0. The molecule has 1 aromatic rings. The van der Waals surface area contributed by atoms with E-state index in [1.807, 2.05) is 18.4 Å². The van der Waals surface area contributed by atoms with Crippen molar-refractivity contribution in [3.63, 3.8) is 0 Å². The zero-order chi connectivity index (χ0) is 10.7. The molecule has 2 rings (SSSR count). The summed E-state index contributed by atoms with van der Waals surface area (Å²) < 4.78 is 1.76. The van der Waals surface area contributed by atoms with Gasteiger partial charge >= 0.3 is 5.82 Å². The Labute approximate surface area is 91.6 Å². The third kappa shape index (κ3) is 1.87. The summed E-state index contributed by atoms with van der Waals surface area (Å²) in [6, 6.07) is 0. The Kier molecular flexibility index (Phi) is 2.73. The highest BCUT2D eigenvalue weighted by Gasteiger charge is 2.24. The standard InChI is InChI=1S/C9H9ClN5/c10-3-1-2-4-15-6-14-7-8(11)12-5-13-9(7)15/h1-2,4-6H,3H2,(H2,11,12,13)/q+1. The van der Waals surface area contributed by atoms with Crippen molar-refractivity contribution in [3.05, 3.63) is 18.5 Å². The van der Waals surface area contributed by atoms with Crippen LogP contribution < -0.4 is 5.73 Å². The average molecular weight is 223 g/mol. The predicted molar refractivity (Wildman–Crippen MR) is 60.4 cm³/mol. The summed E-state index contributed by atoms with van der Waals surface area (Å²) in [6.07, 6.45) is 8.50. The van der Waals surface area contributed by atoms with Gasteiger partial charge in [0.15, 0.2) is 12.1 Å². The lowest BCUT2D eigenvalue weighted by molar-refractivity contribution is -0.287. The van der Waals surface area contributed by atoms with Crippen LogP contribution in [0.25, 0.3) is 0 Å². The number of aliphatic imine (C=N–C) groups is 1. The Morgan fingerprint density at radius 2 is 2.33 bits per heavy atom. The molecule has 1 aliphatic heterocycles. The molecule has 0 spiro atoms. The van der Waals surface area contributed by atoms with Crippen LogP contribution in [0.3, 0.4) is 0 Å². The third-order valence-corrected chi connectivity index (χ3v) is 2.04. The first-order valence-electron chi connectivity index (χ1n) is 4.32. The first kappa shape index (κ1) is 9.79. The fourth-order valence-corrected chi connectivity index (χ4v) is 1.29. The highest BCUT2D eigenvalue weighted by molar-refractivity contribution is 6.19. The molecule has 2 heterocycles. The van der Waals surface area contributed by atoms with Crippen molar-refractivity contribution in [1.82, 2.24) is 9.97 Å². The maximum absolute atomic E-state index is 5.64. The second-order valence-corrected chi connectivity index (χ2v) is 3.12. The van der Waals surface area contributed by atoms with Gasteiger partial charge < -0.3 is 5.73 Å². The fourth-order valence-electron chi connectivity index (χ4n) is 1.18. The summed E-state index contributed by atoms with van der Waals surface area (Å²) in [4.78, 5) is 12.1. The summed E-state index contributed by atoms with van der Waals surface area (Å²) in [7, 11) is 0. The van der Waals surface area contributed by atoms with Crippen LogP contribution in [-0.2, 0) is 0 Å². The number of hydrogen-bond acceptors (Lipinski definition) is 4. The van der Waals surface area contributed by atoms with Crippen LogP contribution in [0.1, 0.15) is 0 Å². The van der Waals surface area contributed by atoms with Crippen molar-refractivity contribution in [2.45, 2.75) is 0 Å². The van der Waals surface area contributed by atoms with E-state index in [0.717, 1.165) is 0 Å². The fraction of sp³-hybridized carbons (Fsp3) is 0.111. The molecular weight excluding hydrogens is 214 g/mol. The second kappa shape index (κ2) is 4.18. The van der Waals surface area contributed by atoms with Gasteiger partial charge in [-0.15, -0.1) is 11.6 Å². The highest BCUT2D eigenvalue weighted by atomic mass is 35.5. The van der Waals surface area contributed by atoms with Crippen molar-refractivity contribution in [1.29, 1.82) is 0 Å². The number of nitrogens with two attached hydrogens (primary N) is 1. The van der Waals surface area contributed by atoms with Crippen LogP contribution in [0.15, 0.2) is 23.5 Å². The molecule has 0 aliphatic carbocycles. The Morgan fingerprint density at radius 1 is 1.47 bits per heavy atom. The summed E-state index contributed by atoms with van der Waals surface area (Å²) in [5.41, 5.74) is 6.25. The molecule has 0 radical (unpaired) electrons. The topological polar surface area (TPSA) is 67.2 Å². The van der Waals surface area contributed by atoms with Gasteiger partial charge in [0.1, 0.15) is 0 Å². The molecule has 15 heavy (non-hydrogen) atoms. The first-order valence-corrected chi connectivity index (χ1v) is 4.85. The number of hydrogen-bond donors (Lipinski definition) is 1. The number of alkyl halides is 1. The van der Waals surface area contributed by atoms with E-state index in [0.29, 0.717) is 23.2 Å². The van der Waals surface area contributed by atoms with E-state index in [9.17, 15) is 0 Å². The lowest BCUT2D eigenvalue weighted by Gasteiger charge is -1.92. The van der Waals surface area contributed by atoms with Crippen molar-refractivity contribution in [2.24, 2.45) is 4.99 Å². The van der Waals surface area contributed by atoms with Crippen LogP contribution >= 0.6 is 11.6 Å². The lowest BCUT2D eigenvalue weighted by Crippen LogP contribution is -2.01. The van der Waals surface area contributed by atoms with Gasteiger partial charge in [-0.3, -0.25) is 0 Å². The summed E-state index contributed by atoms with van der Waals surface area (Å²) in [6.45, 7) is 0. The van der Waals surface area contributed by atoms with Gasteiger partial charge in [-0.05, 0) is 6.08 Å². The molecule has 0 amide bonds. The minimum absolute atomic E-state index is 0.383. The maximum atomic E-state index is 5.64. The normalized spacial score (nSPS) is 16.5. The number of allylic oxidation sites excluding steroid dienone is 2. The van der Waals surface area contributed by atoms with Crippen LogP contribution in [-0.4, -0.2) is 33.0 Å². The van der Waals surface area contributed by atoms with E-state index >= 15 is 0 Å². The quantitative estimate of drug-likeness (QED) is 0.605. The van der Waals surface area contributed by atoms with Crippen LogP contribution in [0.4, 0.5) is 17.3 Å². The Balaban J connectivity index is 2.37. The predicted octanol–water partition coefficient (Wildman–Crippen LogP) is 1.24. The molecule has 0 saturated heterocycles. The lowest BCUT2D eigenvalue weighted by atomic mass is 10.4. The van der Waals surface area contributed by atoms with E-state index < -0.39 is 0 Å². The molecule has 0 bridgehead atoms. The monoisotopic (exact) mass is 222 g/mol. The molecular formula is C9H9ClN5+. The molecule has 0 fully saturated rings. The Bertz CT molecular complexity index is 464. The van der Waals surface area contributed by atoms with Gasteiger partial charge in [-0.2, -0.15) is 4.98 Å². The third-order valence-electron chi connectivity index (χ3n) is 1.86. The van der Waals surface area contributed by atoms with Gasteiger partial charge in [0.05, 0.1) is 6.21 Å². The molecule has 76 valence electrons.